The van der Waals surface area contributed by atoms with E-state index >= 15 is 0 Å². The van der Waals surface area contributed by atoms with Crippen molar-refractivity contribution in [3.8, 4) is 0 Å². The fraction of sp³-hybridized carbons (Fsp3) is 0.562. The molecule has 8 nitrogen and oxygen atoms in total. The van der Waals surface area contributed by atoms with E-state index in [0.717, 1.165) is 0 Å². The molecule has 0 saturated carbocycles. The second-order valence-electron chi connectivity index (χ2n) is 5.27. The lowest BCUT2D eigenvalue weighted by Crippen LogP contribution is -2.46. The minimum absolute atomic E-state index is 0.204. The van der Waals surface area contributed by atoms with Gasteiger partial charge in [-0.2, -0.15) is 0 Å². The van der Waals surface area contributed by atoms with Crippen molar-refractivity contribution < 1.29 is 26.5 Å². The molecule has 0 unspecified atom stereocenters. The maximum Gasteiger partial charge on any atom is 0.500 e. The van der Waals surface area contributed by atoms with Gasteiger partial charge in [-0.25, -0.2) is 13.2 Å². The number of carbonyl (C=O) groups is 1. The number of urea groups is 1. The van der Waals surface area contributed by atoms with Gasteiger partial charge in [-0.15, -0.1) is 0 Å². The van der Waals surface area contributed by atoms with Gasteiger partial charge in [0.25, 0.3) is 0 Å². The number of amides is 2. The van der Waals surface area contributed by atoms with Crippen LogP contribution in [-0.2, 0) is 24.0 Å². The first-order chi connectivity index (χ1) is 12.5. The zero-order valence-electron chi connectivity index (χ0n) is 15.4. The van der Waals surface area contributed by atoms with Crippen molar-refractivity contribution in [3.05, 3.63) is 24.3 Å². The molecule has 10 heteroatoms. The van der Waals surface area contributed by atoms with Crippen molar-refractivity contribution in [1.29, 1.82) is 0 Å². The third-order valence-electron chi connectivity index (χ3n) is 3.37. The van der Waals surface area contributed by atoms with E-state index in [9.17, 15) is 13.2 Å². The van der Waals surface area contributed by atoms with E-state index in [1.165, 1.54) is 24.3 Å². The van der Waals surface area contributed by atoms with E-state index in [1.807, 2.05) is 20.8 Å². The molecule has 0 bridgehead atoms. The molecule has 0 radical (unpaired) electrons. The van der Waals surface area contributed by atoms with Crippen molar-refractivity contribution in [1.82, 2.24) is 5.32 Å². The summed E-state index contributed by atoms with van der Waals surface area (Å²) in [5.74, 6) is 0. The van der Waals surface area contributed by atoms with E-state index in [4.69, 9.17) is 13.3 Å². The summed E-state index contributed by atoms with van der Waals surface area (Å²) >= 11 is 0. The first kappa shape index (κ1) is 22.6. The molecule has 1 rings (SSSR count). The largest absolute Gasteiger partial charge is 0.500 e. The topological polar surface area (TPSA) is 103 Å². The standard InChI is InChI=1S/C16H28N2O6SSi/c1-4-22-26(23-5-2,24-6-3)13-7-12-17-16(19)18-14-8-10-15(11-9-14)25(20)21/h8-11,25H,4-7,12-13H2,1-3H3,(H2,17,18,19). The zero-order valence-corrected chi connectivity index (χ0v) is 17.3. The van der Waals surface area contributed by atoms with Crippen molar-refractivity contribution in [2.45, 2.75) is 38.1 Å². The molecule has 1 aromatic rings. The minimum Gasteiger partial charge on any atom is -0.374 e. The highest BCUT2D eigenvalue weighted by atomic mass is 32.2. The predicted molar refractivity (Wildman–Crippen MR) is 102 cm³/mol. The average molecular weight is 405 g/mol. The number of nitrogens with one attached hydrogen (secondary N) is 2. The lowest BCUT2D eigenvalue weighted by molar-refractivity contribution is 0.0708. The van der Waals surface area contributed by atoms with Crippen molar-refractivity contribution in [2.24, 2.45) is 0 Å². The van der Waals surface area contributed by atoms with Gasteiger partial charge < -0.3 is 23.9 Å². The number of carbonyl (C=O) groups excluding carboxylic acids is 1. The van der Waals surface area contributed by atoms with E-state index in [2.05, 4.69) is 10.6 Å². The summed E-state index contributed by atoms with van der Waals surface area (Å²) in [6, 6.07) is 6.21. The summed E-state index contributed by atoms with van der Waals surface area (Å²) in [4.78, 5) is 12.1. The first-order valence-electron chi connectivity index (χ1n) is 8.67. The molecule has 148 valence electrons. The van der Waals surface area contributed by atoms with Crippen LogP contribution in [0.5, 0.6) is 0 Å². The van der Waals surface area contributed by atoms with E-state index < -0.39 is 19.5 Å². The van der Waals surface area contributed by atoms with Crippen LogP contribution in [-0.4, -0.2) is 49.6 Å². The Balaban J connectivity index is 2.44. The third-order valence-corrected chi connectivity index (χ3v) is 7.25. The smallest absolute Gasteiger partial charge is 0.374 e. The second-order valence-corrected chi connectivity index (χ2v) is 9.03. The highest BCUT2D eigenvalue weighted by Gasteiger charge is 2.39. The molecule has 0 aromatic heterocycles. The summed E-state index contributed by atoms with van der Waals surface area (Å²) in [5, 5.41) is 5.41. The Kier molecular flexibility index (Phi) is 10.4. The van der Waals surface area contributed by atoms with Crippen LogP contribution in [0.3, 0.4) is 0 Å². The molecule has 26 heavy (non-hydrogen) atoms. The molecule has 0 saturated heterocycles. The Morgan fingerprint density at radius 1 is 1.00 bits per heavy atom. The van der Waals surface area contributed by atoms with Gasteiger partial charge in [-0.05, 0) is 51.5 Å². The van der Waals surface area contributed by atoms with Gasteiger partial charge in [0, 0.05) is 38.1 Å². The summed E-state index contributed by atoms with van der Waals surface area (Å²) in [5.41, 5.74) is 0.518. The van der Waals surface area contributed by atoms with Crippen LogP contribution < -0.4 is 10.6 Å². The normalized spacial score (nSPS) is 11.5. The number of hydrogen-bond acceptors (Lipinski definition) is 6. The molecule has 0 fully saturated rings. The van der Waals surface area contributed by atoms with Gasteiger partial charge in [0.15, 0.2) is 10.7 Å². The minimum atomic E-state index is -2.69. The lowest BCUT2D eigenvalue weighted by atomic mass is 10.3. The molecule has 0 heterocycles. The molecular weight excluding hydrogens is 376 g/mol. The van der Waals surface area contributed by atoms with E-state index in [-0.39, 0.29) is 10.9 Å². The molecule has 1 aromatic carbocycles. The molecule has 0 aliphatic heterocycles. The van der Waals surface area contributed by atoms with Crippen LogP contribution >= 0.6 is 0 Å². The molecule has 0 atom stereocenters. The van der Waals surface area contributed by atoms with Crippen molar-refractivity contribution in [3.63, 3.8) is 0 Å². The molecule has 2 N–H and O–H groups in total. The third kappa shape index (κ3) is 7.83. The number of anilines is 1. The average Bonchev–Trinajstić information content (AvgIpc) is 2.60. The van der Waals surface area contributed by atoms with Gasteiger partial charge >= 0.3 is 14.8 Å². The van der Waals surface area contributed by atoms with Gasteiger partial charge in [0.05, 0.1) is 4.90 Å². The molecular formula is C16H28N2O6SSi. The Bertz CT molecular complexity index is 599. The number of benzene rings is 1. The van der Waals surface area contributed by atoms with Crippen LogP contribution in [0.4, 0.5) is 10.5 Å². The first-order valence-corrected chi connectivity index (χ1v) is 11.8. The van der Waals surface area contributed by atoms with E-state index in [1.54, 1.807) is 0 Å². The van der Waals surface area contributed by atoms with Crippen molar-refractivity contribution in [2.75, 3.05) is 31.7 Å². The van der Waals surface area contributed by atoms with Crippen molar-refractivity contribution >= 4 is 31.2 Å². The van der Waals surface area contributed by atoms with Crippen LogP contribution in [0.15, 0.2) is 29.2 Å². The predicted octanol–water partition coefficient (Wildman–Crippen LogP) is 2.22. The highest BCUT2D eigenvalue weighted by Crippen LogP contribution is 2.17. The summed E-state index contributed by atoms with van der Waals surface area (Å²) in [6.07, 6.45) is 0.662. The number of hydrogen-bond donors (Lipinski definition) is 3. The second kappa shape index (κ2) is 12.0. The van der Waals surface area contributed by atoms with Crippen LogP contribution in [0.1, 0.15) is 27.2 Å². The molecule has 2 amide bonds. The summed E-state index contributed by atoms with van der Waals surface area (Å²) in [6.45, 7) is 7.71. The SMILES string of the molecule is CCO[Si](CCCNC(=O)Nc1ccc([SH](=O)=O)cc1)(OCC)OCC. The van der Waals surface area contributed by atoms with Crippen LogP contribution in [0.2, 0.25) is 6.04 Å². The van der Waals surface area contributed by atoms with E-state index in [0.29, 0.717) is 44.5 Å². The fourth-order valence-corrected chi connectivity index (χ4v) is 5.35. The quantitative estimate of drug-likeness (QED) is 0.280. The van der Waals surface area contributed by atoms with Crippen LogP contribution in [0.25, 0.3) is 0 Å². The number of rotatable bonds is 12. The summed E-state index contributed by atoms with van der Waals surface area (Å²) in [7, 11) is -5.31. The summed E-state index contributed by atoms with van der Waals surface area (Å²) < 4.78 is 39.0. The fourth-order valence-electron chi connectivity index (χ4n) is 2.35. The highest BCUT2D eigenvalue weighted by molar-refractivity contribution is 7.72. The number of thiol groups is 1. The Morgan fingerprint density at radius 2 is 1.54 bits per heavy atom. The van der Waals surface area contributed by atoms with Gasteiger partial charge in [-0.3, -0.25) is 0 Å². The Labute approximate surface area is 157 Å². The molecule has 0 spiro atoms. The Morgan fingerprint density at radius 3 is 2.00 bits per heavy atom. The van der Waals surface area contributed by atoms with Gasteiger partial charge in [0.2, 0.25) is 0 Å². The molecule has 0 aliphatic rings. The Hall–Kier alpha value is -1.46. The van der Waals surface area contributed by atoms with Crippen LogP contribution in [0, 0.1) is 0 Å². The monoisotopic (exact) mass is 404 g/mol. The maximum absolute atomic E-state index is 11.9. The maximum atomic E-state index is 11.9. The molecule has 0 aliphatic carbocycles. The van der Waals surface area contributed by atoms with Gasteiger partial charge in [-0.1, -0.05) is 0 Å². The lowest BCUT2D eigenvalue weighted by Gasteiger charge is -2.28. The zero-order chi connectivity index (χ0) is 19.4. The van der Waals surface area contributed by atoms with Gasteiger partial charge in [0.1, 0.15) is 0 Å².